The fourth-order valence-corrected chi connectivity index (χ4v) is 3.54. The maximum Gasteiger partial charge on any atom is -0.00550 e. The van der Waals surface area contributed by atoms with Crippen molar-refractivity contribution < 1.29 is 0 Å². The second-order valence-corrected chi connectivity index (χ2v) is 6.54. The van der Waals surface area contributed by atoms with E-state index in [4.69, 9.17) is 0 Å². The molecule has 1 aromatic carbocycles. The highest BCUT2D eigenvalue weighted by Gasteiger charge is 2.19. The van der Waals surface area contributed by atoms with Gasteiger partial charge >= 0.3 is 0 Å². The van der Waals surface area contributed by atoms with Crippen LogP contribution in [0.25, 0.3) is 5.57 Å². The first-order chi connectivity index (χ1) is 10.4. The number of benzene rings is 1. The van der Waals surface area contributed by atoms with E-state index < -0.39 is 0 Å². The van der Waals surface area contributed by atoms with Crippen LogP contribution >= 0.6 is 0 Å². The monoisotopic (exact) mass is 284 g/mol. The Kier molecular flexibility index (Phi) is 7.06. The van der Waals surface area contributed by atoms with Crippen LogP contribution in [0.5, 0.6) is 0 Å². The van der Waals surface area contributed by atoms with E-state index >= 15 is 0 Å². The van der Waals surface area contributed by atoms with Crippen molar-refractivity contribution in [2.75, 3.05) is 0 Å². The molecule has 1 aromatic rings. The quantitative estimate of drug-likeness (QED) is 0.408. The van der Waals surface area contributed by atoms with Crippen molar-refractivity contribution in [2.24, 2.45) is 0 Å². The smallest absolute Gasteiger partial charge is 0.00550 e. The van der Waals surface area contributed by atoms with Crippen LogP contribution in [-0.2, 0) is 6.42 Å². The Hall–Kier alpha value is -1.04. The third-order valence-electron chi connectivity index (χ3n) is 4.79. The summed E-state index contributed by atoms with van der Waals surface area (Å²) in [7, 11) is 0. The maximum absolute atomic E-state index is 2.35. The Bertz CT molecular complexity index is 453. The lowest BCUT2D eigenvalue weighted by atomic mass is 9.96. The molecule has 0 radical (unpaired) electrons. The van der Waals surface area contributed by atoms with E-state index in [9.17, 15) is 0 Å². The number of hydrogen-bond donors (Lipinski definition) is 0. The molecular formula is C21H32. The Morgan fingerprint density at radius 2 is 1.43 bits per heavy atom. The Labute approximate surface area is 131 Å². The molecule has 0 fully saturated rings. The van der Waals surface area contributed by atoms with Crippen molar-refractivity contribution in [1.29, 1.82) is 0 Å². The highest BCUT2D eigenvalue weighted by atomic mass is 14.2. The molecule has 21 heavy (non-hydrogen) atoms. The summed E-state index contributed by atoms with van der Waals surface area (Å²) in [4.78, 5) is 0. The molecule has 0 amide bonds. The van der Waals surface area contributed by atoms with E-state index in [2.05, 4.69) is 38.1 Å². The average Bonchev–Trinajstić information content (AvgIpc) is 2.86. The second kappa shape index (κ2) is 9.07. The zero-order chi connectivity index (χ0) is 14.9. The number of allylic oxidation sites excluding steroid dienone is 2. The zero-order valence-electron chi connectivity index (χ0n) is 14.1. The van der Waals surface area contributed by atoms with Gasteiger partial charge in [-0.2, -0.15) is 0 Å². The first kappa shape index (κ1) is 16.3. The molecule has 0 saturated carbocycles. The lowest BCUT2D eigenvalue weighted by Crippen LogP contribution is -1.89. The highest BCUT2D eigenvalue weighted by Crippen LogP contribution is 2.38. The number of fused-ring (bicyclic) bond motifs is 1. The molecule has 1 aliphatic rings. The van der Waals surface area contributed by atoms with Crippen molar-refractivity contribution in [3.63, 3.8) is 0 Å². The van der Waals surface area contributed by atoms with Gasteiger partial charge in [-0.05, 0) is 48.8 Å². The molecule has 0 heterocycles. The van der Waals surface area contributed by atoms with Crippen molar-refractivity contribution in [2.45, 2.75) is 84.5 Å². The summed E-state index contributed by atoms with van der Waals surface area (Å²) in [6.07, 6.45) is 14.9. The third-order valence-corrected chi connectivity index (χ3v) is 4.79. The molecular weight excluding hydrogens is 252 g/mol. The summed E-state index contributed by atoms with van der Waals surface area (Å²) in [6.45, 7) is 4.59. The molecule has 0 unspecified atom stereocenters. The maximum atomic E-state index is 2.35. The normalized spacial score (nSPS) is 13.8. The van der Waals surface area contributed by atoms with Crippen molar-refractivity contribution in [1.82, 2.24) is 0 Å². The minimum absolute atomic E-state index is 1.23. The van der Waals surface area contributed by atoms with Gasteiger partial charge in [0.1, 0.15) is 0 Å². The van der Waals surface area contributed by atoms with Crippen LogP contribution in [0.3, 0.4) is 0 Å². The van der Waals surface area contributed by atoms with E-state index in [1.54, 1.807) is 22.3 Å². The molecule has 0 nitrogen and oxygen atoms in total. The molecule has 0 aromatic heterocycles. The van der Waals surface area contributed by atoms with Gasteiger partial charge in [0.25, 0.3) is 0 Å². The third kappa shape index (κ3) is 4.73. The van der Waals surface area contributed by atoms with Crippen LogP contribution in [0.2, 0.25) is 0 Å². The fourth-order valence-electron chi connectivity index (χ4n) is 3.54. The summed E-state index contributed by atoms with van der Waals surface area (Å²) in [5.74, 6) is 0. The van der Waals surface area contributed by atoms with Crippen molar-refractivity contribution >= 4 is 5.57 Å². The summed E-state index contributed by atoms with van der Waals surface area (Å²) >= 11 is 0. The summed E-state index contributed by atoms with van der Waals surface area (Å²) in [5.41, 5.74) is 6.61. The van der Waals surface area contributed by atoms with Gasteiger partial charge < -0.3 is 0 Å². The lowest BCUT2D eigenvalue weighted by Gasteiger charge is -2.09. The summed E-state index contributed by atoms with van der Waals surface area (Å²) in [6, 6.07) is 9.10. The fraction of sp³-hybridized carbons (Fsp3) is 0.619. The van der Waals surface area contributed by atoms with Gasteiger partial charge in [-0.15, -0.1) is 0 Å². The van der Waals surface area contributed by atoms with Gasteiger partial charge in [0.2, 0.25) is 0 Å². The molecule has 0 N–H and O–H groups in total. The van der Waals surface area contributed by atoms with Gasteiger partial charge in [-0.3, -0.25) is 0 Å². The summed E-state index contributed by atoms with van der Waals surface area (Å²) < 4.78 is 0. The van der Waals surface area contributed by atoms with E-state index in [0.717, 1.165) is 0 Å². The van der Waals surface area contributed by atoms with Crippen LogP contribution in [0.15, 0.2) is 29.8 Å². The lowest BCUT2D eigenvalue weighted by molar-refractivity contribution is 0.657. The molecule has 0 bridgehead atoms. The minimum Gasteiger partial charge on any atom is -0.0654 e. The van der Waals surface area contributed by atoms with E-state index in [-0.39, 0.29) is 0 Å². The van der Waals surface area contributed by atoms with Gasteiger partial charge in [0.15, 0.2) is 0 Å². The standard InChI is InChI=1S/C21H32/c1-3-5-7-9-13-18-17-19-14-11-12-16-21(19)20(18)15-10-8-6-4-2/h11-12,14,16H,3-10,13,15,17H2,1-2H3. The number of unbranched alkanes of at least 4 members (excludes halogenated alkanes) is 6. The average molecular weight is 284 g/mol. The number of rotatable bonds is 10. The van der Waals surface area contributed by atoms with E-state index in [1.165, 1.54) is 70.6 Å². The second-order valence-electron chi connectivity index (χ2n) is 6.54. The van der Waals surface area contributed by atoms with Crippen LogP contribution in [0, 0.1) is 0 Å². The molecule has 0 heteroatoms. The Balaban J connectivity index is 1.98. The molecule has 0 spiro atoms. The van der Waals surface area contributed by atoms with E-state index in [0.29, 0.717) is 0 Å². The molecule has 1 aliphatic carbocycles. The highest BCUT2D eigenvalue weighted by molar-refractivity contribution is 5.76. The Morgan fingerprint density at radius 3 is 2.14 bits per heavy atom. The first-order valence-electron chi connectivity index (χ1n) is 9.16. The van der Waals surface area contributed by atoms with Crippen LogP contribution in [0.1, 0.15) is 89.2 Å². The van der Waals surface area contributed by atoms with Gasteiger partial charge in [0, 0.05) is 0 Å². The van der Waals surface area contributed by atoms with Crippen LogP contribution in [-0.4, -0.2) is 0 Å². The molecule has 2 rings (SSSR count). The van der Waals surface area contributed by atoms with Crippen molar-refractivity contribution in [3.05, 3.63) is 41.0 Å². The predicted octanol–water partition coefficient (Wildman–Crippen LogP) is 6.94. The van der Waals surface area contributed by atoms with Gasteiger partial charge in [-0.25, -0.2) is 0 Å². The first-order valence-corrected chi connectivity index (χ1v) is 9.16. The van der Waals surface area contributed by atoms with Crippen LogP contribution in [0.4, 0.5) is 0 Å². The van der Waals surface area contributed by atoms with Crippen LogP contribution < -0.4 is 0 Å². The molecule has 0 atom stereocenters. The minimum atomic E-state index is 1.23. The molecule has 0 aliphatic heterocycles. The number of hydrogen-bond acceptors (Lipinski definition) is 0. The van der Waals surface area contributed by atoms with E-state index in [1.807, 2.05) is 0 Å². The topological polar surface area (TPSA) is 0 Å². The SMILES string of the molecule is CCCCCCC1=C(CCCCCC)c2ccccc2C1. The molecule has 0 saturated heterocycles. The zero-order valence-corrected chi connectivity index (χ0v) is 14.1. The van der Waals surface area contributed by atoms with Gasteiger partial charge in [0.05, 0.1) is 0 Å². The van der Waals surface area contributed by atoms with Gasteiger partial charge in [-0.1, -0.05) is 82.2 Å². The van der Waals surface area contributed by atoms with Crippen molar-refractivity contribution in [3.8, 4) is 0 Å². The summed E-state index contributed by atoms with van der Waals surface area (Å²) in [5, 5.41) is 0. The largest absolute Gasteiger partial charge is 0.0654 e. The molecule has 116 valence electrons. The Morgan fingerprint density at radius 1 is 0.762 bits per heavy atom. The predicted molar refractivity (Wildman–Crippen MR) is 94.6 cm³/mol.